The van der Waals surface area contributed by atoms with Crippen LogP contribution in [-0.2, 0) is 4.79 Å². The van der Waals surface area contributed by atoms with Gasteiger partial charge in [-0.05, 0) is 13.0 Å². The molecule has 0 aromatic rings. The van der Waals surface area contributed by atoms with Gasteiger partial charge in [0.1, 0.15) is 5.84 Å². The number of amidine groups is 1. The number of oxime groups is 1. The van der Waals surface area contributed by atoms with E-state index >= 15 is 0 Å². The Morgan fingerprint density at radius 3 is 2.54 bits per heavy atom. The Balaban J connectivity index is 3.13. The van der Waals surface area contributed by atoms with E-state index in [0.717, 1.165) is 0 Å². The van der Waals surface area contributed by atoms with Gasteiger partial charge in [0, 0.05) is 19.4 Å². The highest BCUT2D eigenvalue weighted by Gasteiger charge is 1.95. The third-order valence-corrected chi connectivity index (χ3v) is 1.46. The SMILES string of the molecule is NC(=O)CCCNCCC(N)=NO. The second-order valence-corrected chi connectivity index (χ2v) is 2.66. The number of nitrogens with two attached hydrogens (primary N) is 2. The monoisotopic (exact) mass is 188 g/mol. The number of hydrogen-bond donors (Lipinski definition) is 4. The molecule has 0 aromatic carbocycles. The van der Waals surface area contributed by atoms with E-state index in [0.29, 0.717) is 32.4 Å². The summed E-state index contributed by atoms with van der Waals surface area (Å²) >= 11 is 0. The topological polar surface area (TPSA) is 114 Å². The number of carbonyl (C=O) groups excluding carboxylic acids is 1. The number of nitrogens with zero attached hydrogens (tertiary/aromatic N) is 1. The van der Waals surface area contributed by atoms with Crippen LogP contribution in [0.5, 0.6) is 0 Å². The van der Waals surface area contributed by atoms with Gasteiger partial charge in [-0.15, -0.1) is 0 Å². The van der Waals surface area contributed by atoms with E-state index in [4.69, 9.17) is 16.7 Å². The van der Waals surface area contributed by atoms with Gasteiger partial charge in [0.2, 0.25) is 5.91 Å². The second-order valence-electron chi connectivity index (χ2n) is 2.66. The van der Waals surface area contributed by atoms with Crippen LogP contribution in [0, 0.1) is 0 Å². The van der Waals surface area contributed by atoms with E-state index < -0.39 is 0 Å². The highest BCUT2D eigenvalue weighted by atomic mass is 16.4. The molecule has 0 aliphatic rings. The minimum absolute atomic E-state index is 0.197. The van der Waals surface area contributed by atoms with Crippen molar-refractivity contribution in [3.05, 3.63) is 0 Å². The van der Waals surface area contributed by atoms with Crippen LogP contribution in [0.3, 0.4) is 0 Å². The maximum Gasteiger partial charge on any atom is 0.217 e. The number of amides is 1. The fraction of sp³-hybridized carbons (Fsp3) is 0.714. The quantitative estimate of drug-likeness (QED) is 0.134. The molecule has 0 heterocycles. The molecule has 0 bridgehead atoms. The van der Waals surface area contributed by atoms with Crippen LogP contribution in [0.2, 0.25) is 0 Å². The molecule has 0 radical (unpaired) electrons. The van der Waals surface area contributed by atoms with Gasteiger partial charge < -0.3 is 22.0 Å². The molecule has 0 saturated carbocycles. The highest BCUT2D eigenvalue weighted by Crippen LogP contribution is 1.84. The molecule has 0 unspecified atom stereocenters. The summed E-state index contributed by atoms with van der Waals surface area (Å²) in [6.07, 6.45) is 1.59. The van der Waals surface area contributed by atoms with Gasteiger partial charge in [0.05, 0.1) is 0 Å². The molecule has 0 fully saturated rings. The summed E-state index contributed by atoms with van der Waals surface area (Å²) in [6, 6.07) is 0. The van der Waals surface area contributed by atoms with E-state index in [1.807, 2.05) is 0 Å². The minimum atomic E-state index is -0.293. The molecule has 76 valence electrons. The largest absolute Gasteiger partial charge is 0.409 e. The molecule has 0 atom stereocenters. The first-order valence-corrected chi connectivity index (χ1v) is 4.12. The first-order valence-electron chi connectivity index (χ1n) is 4.12. The van der Waals surface area contributed by atoms with Crippen molar-refractivity contribution in [2.75, 3.05) is 13.1 Å². The Hall–Kier alpha value is -1.30. The molecule has 13 heavy (non-hydrogen) atoms. The summed E-state index contributed by atoms with van der Waals surface area (Å²) in [7, 11) is 0. The molecule has 6 heteroatoms. The molecule has 0 spiro atoms. The number of hydrogen-bond acceptors (Lipinski definition) is 4. The normalized spacial score (nSPS) is 11.5. The predicted octanol–water partition coefficient (Wildman–Crippen LogP) is -1.02. The van der Waals surface area contributed by atoms with Crippen molar-refractivity contribution in [3.63, 3.8) is 0 Å². The Labute approximate surface area is 77.0 Å². The Morgan fingerprint density at radius 1 is 1.31 bits per heavy atom. The Kier molecular flexibility index (Phi) is 6.62. The summed E-state index contributed by atoms with van der Waals surface area (Å²) in [4.78, 5) is 10.3. The molecule has 0 saturated heterocycles. The van der Waals surface area contributed by atoms with Gasteiger partial charge in [0.15, 0.2) is 0 Å². The van der Waals surface area contributed by atoms with Crippen molar-refractivity contribution in [2.24, 2.45) is 16.6 Å². The third kappa shape index (κ3) is 8.61. The molecule has 0 rings (SSSR count). The first kappa shape index (κ1) is 11.7. The van der Waals surface area contributed by atoms with Crippen LogP contribution in [0.1, 0.15) is 19.3 Å². The smallest absolute Gasteiger partial charge is 0.217 e. The number of carbonyl (C=O) groups is 1. The Morgan fingerprint density at radius 2 is 2.00 bits per heavy atom. The van der Waals surface area contributed by atoms with Gasteiger partial charge >= 0.3 is 0 Å². The molecular weight excluding hydrogens is 172 g/mol. The predicted molar refractivity (Wildman–Crippen MR) is 49.3 cm³/mol. The molecule has 6 N–H and O–H groups in total. The van der Waals surface area contributed by atoms with Crippen molar-refractivity contribution in [1.29, 1.82) is 0 Å². The lowest BCUT2D eigenvalue weighted by molar-refractivity contribution is -0.118. The van der Waals surface area contributed by atoms with E-state index in [2.05, 4.69) is 10.5 Å². The lowest BCUT2D eigenvalue weighted by atomic mass is 10.3. The van der Waals surface area contributed by atoms with Crippen molar-refractivity contribution < 1.29 is 10.0 Å². The summed E-state index contributed by atoms with van der Waals surface area (Å²) in [5, 5.41) is 14.0. The molecule has 0 aliphatic heterocycles. The molecule has 6 nitrogen and oxygen atoms in total. The summed E-state index contributed by atoms with van der Waals surface area (Å²) in [5.41, 5.74) is 10.2. The molecular formula is C7H16N4O2. The second kappa shape index (κ2) is 7.35. The van der Waals surface area contributed by atoms with Crippen LogP contribution in [0.4, 0.5) is 0 Å². The van der Waals surface area contributed by atoms with E-state index in [1.54, 1.807) is 0 Å². The molecule has 1 amide bonds. The van der Waals surface area contributed by atoms with Crippen LogP contribution < -0.4 is 16.8 Å². The molecule has 0 aromatic heterocycles. The van der Waals surface area contributed by atoms with Crippen LogP contribution in [-0.4, -0.2) is 30.0 Å². The van der Waals surface area contributed by atoms with E-state index in [-0.39, 0.29) is 11.7 Å². The average Bonchev–Trinajstić information content (AvgIpc) is 2.10. The maximum atomic E-state index is 10.3. The summed E-state index contributed by atoms with van der Waals surface area (Å²) in [6.45, 7) is 1.34. The van der Waals surface area contributed by atoms with Gasteiger partial charge in [0.25, 0.3) is 0 Å². The average molecular weight is 188 g/mol. The van der Waals surface area contributed by atoms with Gasteiger partial charge in [-0.2, -0.15) is 0 Å². The number of primary amides is 1. The van der Waals surface area contributed by atoms with E-state index in [9.17, 15) is 4.79 Å². The zero-order valence-electron chi connectivity index (χ0n) is 7.49. The fourth-order valence-electron chi connectivity index (χ4n) is 0.779. The lowest BCUT2D eigenvalue weighted by Crippen LogP contribution is -2.24. The van der Waals surface area contributed by atoms with Crippen LogP contribution in [0.25, 0.3) is 0 Å². The van der Waals surface area contributed by atoms with Crippen molar-refractivity contribution in [1.82, 2.24) is 5.32 Å². The van der Waals surface area contributed by atoms with Crippen molar-refractivity contribution in [2.45, 2.75) is 19.3 Å². The number of rotatable bonds is 7. The zero-order chi connectivity index (χ0) is 10.1. The Bertz CT molecular complexity index is 181. The maximum absolute atomic E-state index is 10.3. The van der Waals surface area contributed by atoms with Crippen LogP contribution in [0.15, 0.2) is 5.16 Å². The fourth-order valence-corrected chi connectivity index (χ4v) is 0.779. The highest BCUT2D eigenvalue weighted by molar-refractivity contribution is 5.79. The van der Waals surface area contributed by atoms with Gasteiger partial charge in [-0.3, -0.25) is 4.79 Å². The van der Waals surface area contributed by atoms with Crippen LogP contribution >= 0.6 is 0 Å². The zero-order valence-corrected chi connectivity index (χ0v) is 7.49. The summed E-state index contributed by atoms with van der Waals surface area (Å²) in [5.74, 6) is -0.0966. The van der Waals surface area contributed by atoms with Crippen molar-refractivity contribution >= 4 is 11.7 Å². The van der Waals surface area contributed by atoms with E-state index in [1.165, 1.54) is 0 Å². The number of nitrogens with one attached hydrogen (secondary N) is 1. The first-order chi connectivity index (χ1) is 6.16. The van der Waals surface area contributed by atoms with Gasteiger partial charge in [-0.1, -0.05) is 5.16 Å². The van der Waals surface area contributed by atoms with Gasteiger partial charge in [-0.25, -0.2) is 0 Å². The molecule has 0 aliphatic carbocycles. The third-order valence-electron chi connectivity index (χ3n) is 1.46. The summed E-state index contributed by atoms with van der Waals surface area (Å²) < 4.78 is 0. The lowest BCUT2D eigenvalue weighted by Gasteiger charge is -2.01. The minimum Gasteiger partial charge on any atom is -0.409 e. The standard InChI is InChI=1S/C7H16N4O2/c8-6(11-13)3-5-10-4-1-2-7(9)12/h10,13H,1-5H2,(H2,8,11)(H2,9,12). The van der Waals surface area contributed by atoms with Crippen molar-refractivity contribution in [3.8, 4) is 0 Å².